The van der Waals surface area contributed by atoms with Crippen LogP contribution in [-0.4, -0.2) is 42.6 Å². The zero-order valence-electron chi connectivity index (χ0n) is 13.7. The largest absolute Gasteiger partial charge is 0.363 e. The third-order valence-electron chi connectivity index (χ3n) is 5.04. The van der Waals surface area contributed by atoms with Crippen LogP contribution in [0.5, 0.6) is 0 Å². The number of nitrogens with zero attached hydrogens (tertiary/aromatic N) is 2. The van der Waals surface area contributed by atoms with Gasteiger partial charge < -0.3 is 9.64 Å². The van der Waals surface area contributed by atoms with E-state index in [9.17, 15) is 4.79 Å². The molecule has 4 rings (SSSR count). The Morgan fingerprint density at radius 3 is 2.58 bits per heavy atom. The number of anilines is 1. The third kappa shape index (κ3) is 3.24. The molecule has 0 aliphatic carbocycles. The van der Waals surface area contributed by atoms with Crippen molar-refractivity contribution in [1.82, 2.24) is 4.90 Å². The summed E-state index contributed by atoms with van der Waals surface area (Å²) in [6.07, 6.45) is 1.96. The molecule has 2 aliphatic heterocycles. The van der Waals surface area contributed by atoms with Gasteiger partial charge in [-0.1, -0.05) is 24.3 Å². The minimum Gasteiger partial charge on any atom is -0.363 e. The van der Waals surface area contributed by atoms with E-state index < -0.39 is 0 Å². The Hall–Kier alpha value is -1.69. The van der Waals surface area contributed by atoms with Crippen molar-refractivity contribution in [2.24, 2.45) is 0 Å². The van der Waals surface area contributed by atoms with Crippen molar-refractivity contribution in [2.75, 3.05) is 31.1 Å². The first-order chi connectivity index (χ1) is 11.7. The average Bonchev–Trinajstić information content (AvgIpc) is 3.13. The van der Waals surface area contributed by atoms with Crippen molar-refractivity contribution >= 4 is 22.9 Å². The maximum Gasteiger partial charge on any atom is 0.253 e. The molecule has 2 saturated heterocycles. The number of para-hydroxylation sites is 1. The highest BCUT2D eigenvalue weighted by Crippen LogP contribution is 2.33. The van der Waals surface area contributed by atoms with E-state index in [0.717, 1.165) is 38.2 Å². The number of rotatable bonds is 3. The van der Waals surface area contributed by atoms with Gasteiger partial charge in [0.25, 0.3) is 5.91 Å². The number of benzene rings is 1. The lowest BCUT2D eigenvalue weighted by molar-refractivity contribution is -0.144. The molecule has 1 amide bonds. The van der Waals surface area contributed by atoms with E-state index in [1.165, 1.54) is 4.88 Å². The number of carbonyl (C=O) groups is 1. The topological polar surface area (TPSA) is 32.8 Å². The molecule has 0 radical (unpaired) electrons. The lowest BCUT2D eigenvalue weighted by Gasteiger charge is -2.47. The summed E-state index contributed by atoms with van der Waals surface area (Å²) < 4.78 is 6.04. The second-order valence-corrected chi connectivity index (χ2v) is 7.67. The molecule has 0 unspecified atom stereocenters. The first-order valence-electron chi connectivity index (χ1n) is 8.48. The third-order valence-corrected chi connectivity index (χ3v) is 5.91. The summed E-state index contributed by atoms with van der Waals surface area (Å²) in [4.78, 5) is 18.1. The van der Waals surface area contributed by atoms with E-state index in [-0.39, 0.29) is 18.1 Å². The van der Waals surface area contributed by atoms with Crippen molar-refractivity contribution in [3.8, 4) is 0 Å². The summed E-state index contributed by atoms with van der Waals surface area (Å²) in [7, 11) is 0. The van der Waals surface area contributed by atoms with Gasteiger partial charge in [0.1, 0.15) is 6.61 Å². The quantitative estimate of drug-likeness (QED) is 0.859. The summed E-state index contributed by atoms with van der Waals surface area (Å²) in [5.41, 5.74) is 0.793. The van der Waals surface area contributed by atoms with Gasteiger partial charge in [-0.15, -0.1) is 11.3 Å². The number of thiophene rings is 1. The Labute approximate surface area is 146 Å². The number of likely N-dealkylation sites (tertiary alicyclic amines) is 1. The van der Waals surface area contributed by atoms with E-state index in [2.05, 4.69) is 22.4 Å². The Bertz CT molecular complexity index is 679. The summed E-state index contributed by atoms with van der Waals surface area (Å²) >= 11 is 1.82. The molecule has 1 spiro atoms. The molecule has 1 aromatic heterocycles. The van der Waals surface area contributed by atoms with Crippen molar-refractivity contribution in [1.29, 1.82) is 0 Å². The lowest BCUT2D eigenvalue weighted by Crippen LogP contribution is -2.58. The van der Waals surface area contributed by atoms with Crippen LogP contribution < -0.4 is 4.90 Å². The number of ether oxygens (including phenoxy) is 1. The number of amides is 1. The van der Waals surface area contributed by atoms with Crippen molar-refractivity contribution in [2.45, 2.75) is 25.0 Å². The van der Waals surface area contributed by atoms with E-state index in [1.54, 1.807) is 0 Å². The molecule has 0 atom stereocenters. The van der Waals surface area contributed by atoms with Crippen LogP contribution in [0.1, 0.15) is 17.7 Å². The molecule has 0 N–H and O–H groups in total. The highest BCUT2D eigenvalue weighted by atomic mass is 32.1. The van der Waals surface area contributed by atoms with Crippen LogP contribution in [0.25, 0.3) is 0 Å². The number of carbonyl (C=O) groups excluding carboxylic acids is 1. The zero-order chi connectivity index (χ0) is 16.4. The van der Waals surface area contributed by atoms with Gasteiger partial charge in [-0.2, -0.15) is 0 Å². The molecule has 2 aliphatic rings. The standard InChI is InChI=1S/C19H22N2O2S/c22-18-14-23-19(15-21(18)16-5-2-1-3-6-16)8-10-20(11-9-19)13-17-7-4-12-24-17/h1-7,12H,8-11,13-15H2. The molecule has 0 bridgehead atoms. The molecule has 2 fully saturated rings. The predicted molar refractivity (Wildman–Crippen MR) is 96.3 cm³/mol. The molecule has 1 aromatic carbocycles. The zero-order valence-corrected chi connectivity index (χ0v) is 14.5. The van der Waals surface area contributed by atoms with E-state index in [1.807, 2.05) is 46.6 Å². The van der Waals surface area contributed by atoms with Gasteiger partial charge in [0, 0.05) is 30.2 Å². The highest BCUT2D eigenvalue weighted by molar-refractivity contribution is 7.09. The molecule has 2 aromatic rings. The smallest absolute Gasteiger partial charge is 0.253 e. The fraction of sp³-hybridized carbons (Fsp3) is 0.421. The van der Waals surface area contributed by atoms with Crippen LogP contribution in [0.15, 0.2) is 47.8 Å². The van der Waals surface area contributed by atoms with Gasteiger partial charge >= 0.3 is 0 Å². The molecular weight excluding hydrogens is 320 g/mol. The SMILES string of the molecule is O=C1COC2(CCN(Cc3cccs3)CC2)CN1c1ccccc1. The minimum atomic E-state index is -0.185. The van der Waals surface area contributed by atoms with Crippen LogP contribution in [0, 0.1) is 0 Å². The van der Waals surface area contributed by atoms with Gasteiger partial charge in [0.15, 0.2) is 0 Å². The molecule has 24 heavy (non-hydrogen) atoms. The Balaban J connectivity index is 1.42. The minimum absolute atomic E-state index is 0.0628. The lowest BCUT2D eigenvalue weighted by atomic mass is 9.89. The normalized spacial score (nSPS) is 21.3. The second kappa shape index (κ2) is 6.67. The summed E-state index contributed by atoms with van der Waals surface area (Å²) in [5, 5.41) is 2.13. The molecule has 5 heteroatoms. The number of hydrogen-bond donors (Lipinski definition) is 0. The van der Waals surface area contributed by atoms with Gasteiger partial charge in [-0.25, -0.2) is 0 Å². The monoisotopic (exact) mass is 342 g/mol. The molecule has 4 nitrogen and oxygen atoms in total. The van der Waals surface area contributed by atoms with E-state index in [0.29, 0.717) is 6.54 Å². The molecular formula is C19H22N2O2S. The van der Waals surface area contributed by atoms with E-state index >= 15 is 0 Å². The fourth-order valence-electron chi connectivity index (χ4n) is 3.60. The maximum atomic E-state index is 12.3. The van der Waals surface area contributed by atoms with Crippen molar-refractivity contribution in [3.05, 3.63) is 52.7 Å². The van der Waals surface area contributed by atoms with Crippen molar-refractivity contribution < 1.29 is 9.53 Å². The summed E-state index contributed by atoms with van der Waals surface area (Å²) in [6, 6.07) is 14.3. The van der Waals surface area contributed by atoms with Gasteiger partial charge in [-0.05, 0) is 36.4 Å². The highest BCUT2D eigenvalue weighted by Gasteiger charge is 2.42. The first kappa shape index (κ1) is 15.8. The number of morpholine rings is 1. The van der Waals surface area contributed by atoms with Gasteiger partial charge in [-0.3, -0.25) is 9.69 Å². The molecule has 0 saturated carbocycles. The van der Waals surface area contributed by atoms with Gasteiger partial charge in [0.2, 0.25) is 0 Å². The summed E-state index contributed by atoms with van der Waals surface area (Å²) in [6.45, 7) is 3.93. The number of hydrogen-bond acceptors (Lipinski definition) is 4. The molecule has 3 heterocycles. The van der Waals surface area contributed by atoms with Crippen LogP contribution in [0.2, 0.25) is 0 Å². The average molecular weight is 342 g/mol. The van der Waals surface area contributed by atoms with E-state index in [4.69, 9.17) is 4.74 Å². The first-order valence-corrected chi connectivity index (χ1v) is 9.36. The van der Waals surface area contributed by atoms with Crippen LogP contribution in [0.3, 0.4) is 0 Å². The van der Waals surface area contributed by atoms with Gasteiger partial charge in [0.05, 0.1) is 12.1 Å². The number of piperidine rings is 1. The fourth-order valence-corrected chi connectivity index (χ4v) is 4.35. The van der Waals surface area contributed by atoms with Crippen LogP contribution in [0.4, 0.5) is 5.69 Å². The summed E-state index contributed by atoms with van der Waals surface area (Å²) in [5.74, 6) is 0.0628. The predicted octanol–water partition coefficient (Wildman–Crippen LogP) is 3.15. The maximum absolute atomic E-state index is 12.3. The second-order valence-electron chi connectivity index (χ2n) is 6.64. The van der Waals surface area contributed by atoms with Crippen LogP contribution in [-0.2, 0) is 16.1 Å². The molecule has 126 valence electrons. The Morgan fingerprint density at radius 2 is 1.88 bits per heavy atom. The Kier molecular flexibility index (Phi) is 4.39. The van der Waals surface area contributed by atoms with Crippen LogP contribution >= 0.6 is 11.3 Å². The van der Waals surface area contributed by atoms with Crippen molar-refractivity contribution in [3.63, 3.8) is 0 Å². The Morgan fingerprint density at radius 1 is 1.08 bits per heavy atom.